The number of amides is 1. The molecular formula is C21H21N5O3. The number of unbranched alkanes of at least 4 members (excludes halogenated alkanes) is 1. The molecule has 3 aromatic rings. The minimum atomic E-state index is -0.272. The van der Waals surface area contributed by atoms with E-state index in [0.29, 0.717) is 41.9 Å². The van der Waals surface area contributed by atoms with Crippen molar-refractivity contribution in [3.8, 4) is 23.0 Å². The maximum Gasteiger partial charge on any atom is 0.280 e. The third-order valence-electron chi connectivity index (χ3n) is 4.53. The molecule has 0 aliphatic heterocycles. The third kappa shape index (κ3) is 4.42. The van der Waals surface area contributed by atoms with Crippen molar-refractivity contribution in [1.82, 2.24) is 20.1 Å². The molecule has 8 heteroatoms. The van der Waals surface area contributed by atoms with Crippen LogP contribution in [-0.4, -0.2) is 38.9 Å². The van der Waals surface area contributed by atoms with Gasteiger partial charge in [0.15, 0.2) is 5.82 Å². The van der Waals surface area contributed by atoms with Crippen LogP contribution in [0.25, 0.3) is 16.9 Å². The van der Waals surface area contributed by atoms with Crippen LogP contribution in [0.5, 0.6) is 0 Å². The Morgan fingerprint density at radius 2 is 2.10 bits per heavy atom. The van der Waals surface area contributed by atoms with Crippen molar-refractivity contribution in [1.29, 1.82) is 5.26 Å². The third-order valence-corrected chi connectivity index (χ3v) is 4.53. The predicted octanol–water partition coefficient (Wildman–Crippen LogP) is 1.91. The van der Waals surface area contributed by atoms with Gasteiger partial charge in [0.05, 0.1) is 22.8 Å². The summed E-state index contributed by atoms with van der Waals surface area (Å²) >= 11 is 0. The number of pyridine rings is 1. The van der Waals surface area contributed by atoms with E-state index in [4.69, 9.17) is 10.4 Å². The summed E-state index contributed by atoms with van der Waals surface area (Å²) in [6.07, 6.45) is 4.34. The van der Waals surface area contributed by atoms with E-state index in [1.54, 1.807) is 36.5 Å². The summed E-state index contributed by atoms with van der Waals surface area (Å²) in [6.45, 7) is 2.42. The normalized spacial score (nSPS) is 10.5. The van der Waals surface area contributed by atoms with Crippen LogP contribution in [0.3, 0.4) is 0 Å². The summed E-state index contributed by atoms with van der Waals surface area (Å²) in [4.78, 5) is 29.1. The van der Waals surface area contributed by atoms with Crippen molar-refractivity contribution in [2.24, 2.45) is 0 Å². The average molecular weight is 391 g/mol. The smallest absolute Gasteiger partial charge is 0.280 e. The fourth-order valence-corrected chi connectivity index (χ4v) is 2.96. The first-order valence-corrected chi connectivity index (χ1v) is 9.22. The number of aliphatic hydroxyl groups is 1. The van der Waals surface area contributed by atoms with Crippen LogP contribution in [0.4, 0.5) is 0 Å². The highest BCUT2D eigenvalue weighted by Gasteiger charge is 2.14. The number of carbonyl (C=O) groups is 1. The summed E-state index contributed by atoms with van der Waals surface area (Å²) in [5, 5.41) is 23.4. The van der Waals surface area contributed by atoms with E-state index in [2.05, 4.69) is 21.5 Å². The number of nitriles is 1. The van der Waals surface area contributed by atoms with E-state index >= 15 is 0 Å². The molecule has 148 valence electrons. The van der Waals surface area contributed by atoms with Gasteiger partial charge >= 0.3 is 0 Å². The Bertz CT molecular complexity index is 1110. The highest BCUT2D eigenvalue weighted by molar-refractivity contribution is 5.93. The molecule has 0 saturated heterocycles. The molecule has 0 fully saturated rings. The van der Waals surface area contributed by atoms with Crippen molar-refractivity contribution in [2.45, 2.75) is 19.8 Å². The zero-order valence-electron chi connectivity index (χ0n) is 16.0. The average Bonchev–Trinajstić information content (AvgIpc) is 3.12. The molecule has 0 atom stereocenters. The summed E-state index contributed by atoms with van der Waals surface area (Å²) in [6, 6.07) is 10.4. The molecule has 8 nitrogen and oxygen atoms in total. The Morgan fingerprint density at radius 1 is 1.28 bits per heavy atom. The Kier molecular flexibility index (Phi) is 6.22. The quantitative estimate of drug-likeness (QED) is 0.531. The number of carbonyl (C=O) groups excluding carboxylic acids is 1. The molecule has 0 aliphatic rings. The van der Waals surface area contributed by atoms with Crippen LogP contribution in [-0.2, 0) is 0 Å². The first kappa shape index (κ1) is 20.0. The van der Waals surface area contributed by atoms with Gasteiger partial charge in [-0.15, -0.1) is 0 Å². The van der Waals surface area contributed by atoms with Gasteiger partial charge in [-0.25, -0.2) is 9.67 Å². The van der Waals surface area contributed by atoms with E-state index in [1.807, 2.05) is 6.92 Å². The summed E-state index contributed by atoms with van der Waals surface area (Å²) in [7, 11) is 0. The molecule has 0 aliphatic carbocycles. The second-order valence-electron chi connectivity index (χ2n) is 6.56. The molecule has 1 aromatic carbocycles. The van der Waals surface area contributed by atoms with Crippen LogP contribution < -0.4 is 10.9 Å². The second-order valence-corrected chi connectivity index (χ2v) is 6.56. The van der Waals surface area contributed by atoms with Crippen molar-refractivity contribution < 1.29 is 9.90 Å². The molecule has 0 bridgehead atoms. The first-order valence-electron chi connectivity index (χ1n) is 9.22. The lowest BCUT2D eigenvalue weighted by atomic mass is 10.0. The monoisotopic (exact) mass is 391 g/mol. The Balaban J connectivity index is 1.80. The van der Waals surface area contributed by atoms with Gasteiger partial charge in [-0.3, -0.25) is 14.7 Å². The van der Waals surface area contributed by atoms with E-state index in [1.165, 1.54) is 10.9 Å². The van der Waals surface area contributed by atoms with Crippen LogP contribution in [0.1, 0.15) is 34.3 Å². The fraction of sp³-hybridized carbons (Fsp3) is 0.238. The van der Waals surface area contributed by atoms with Crippen LogP contribution in [0.2, 0.25) is 0 Å². The number of benzene rings is 1. The maximum absolute atomic E-state index is 12.8. The summed E-state index contributed by atoms with van der Waals surface area (Å²) in [5.41, 5.74) is 2.69. The van der Waals surface area contributed by atoms with Gasteiger partial charge in [0, 0.05) is 25.5 Å². The Labute approximate surface area is 167 Å². The van der Waals surface area contributed by atoms with E-state index in [9.17, 15) is 9.59 Å². The number of aliphatic hydroxyl groups excluding tert-OH is 1. The SMILES string of the molecule is Cc1cc(C#N)ccc1-c1c[nH]n(-c2ccc(C(=O)NCCCCO)cn2)c1=O. The molecule has 0 spiro atoms. The highest BCUT2D eigenvalue weighted by atomic mass is 16.3. The topological polar surface area (TPSA) is 124 Å². The van der Waals surface area contributed by atoms with Crippen molar-refractivity contribution in [2.75, 3.05) is 13.2 Å². The van der Waals surface area contributed by atoms with Gasteiger partial charge in [0.2, 0.25) is 0 Å². The highest BCUT2D eigenvalue weighted by Crippen LogP contribution is 2.21. The summed E-state index contributed by atoms with van der Waals surface area (Å²) < 4.78 is 1.30. The van der Waals surface area contributed by atoms with Crippen molar-refractivity contribution in [3.63, 3.8) is 0 Å². The number of aromatic nitrogens is 3. The fourth-order valence-electron chi connectivity index (χ4n) is 2.96. The number of rotatable bonds is 7. The molecule has 1 amide bonds. The largest absolute Gasteiger partial charge is 0.396 e. The van der Waals surface area contributed by atoms with E-state index in [0.717, 1.165) is 11.1 Å². The molecule has 2 heterocycles. The number of H-pyrrole nitrogens is 1. The Hall–Kier alpha value is -3.70. The molecule has 0 saturated carbocycles. The number of nitrogens with zero attached hydrogens (tertiary/aromatic N) is 3. The lowest BCUT2D eigenvalue weighted by Gasteiger charge is -2.06. The molecule has 0 unspecified atom stereocenters. The molecule has 3 rings (SSSR count). The minimum absolute atomic E-state index is 0.0982. The van der Waals surface area contributed by atoms with Gasteiger partial charge in [0.25, 0.3) is 11.5 Å². The molecule has 0 radical (unpaired) electrons. The lowest BCUT2D eigenvalue weighted by Crippen LogP contribution is -2.25. The van der Waals surface area contributed by atoms with E-state index < -0.39 is 0 Å². The van der Waals surface area contributed by atoms with Crippen LogP contribution in [0, 0.1) is 18.3 Å². The predicted molar refractivity (Wildman–Crippen MR) is 108 cm³/mol. The van der Waals surface area contributed by atoms with Gasteiger partial charge in [-0.1, -0.05) is 6.07 Å². The number of hydrogen-bond acceptors (Lipinski definition) is 5. The molecule has 2 aromatic heterocycles. The molecule has 29 heavy (non-hydrogen) atoms. The van der Waals surface area contributed by atoms with Crippen molar-refractivity contribution >= 4 is 5.91 Å². The standard InChI is InChI=1S/C21H21N5O3/c1-14-10-15(11-22)4-6-17(14)18-13-25-26(21(18)29)19-7-5-16(12-24-19)20(28)23-8-2-3-9-27/h4-7,10,12-13,25,27H,2-3,8-9H2,1H3,(H,23,28). The van der Waals surface area contributed by atoms with Gasteiger partial charge in [-0.2, -0.15) is 5.26 Å². The maximum atomic E-state index is 12.8. The number of nitrogens with one attached hydrogen (secondary N) is 2. The first-order chi connectivity index (χ1) is 14.0. The zero-order chi connectivity index (χ0) is 20.8. The molecule has 3 N–H and O–H groups in total. The summed E-state index contributed by atoms with van der Waals surface area (Å²) in [5.74, 6) is 0.110. The second kappa shape index (κ2) is 8.99. The van der Waals surface area contributed by atoms with Gasteiger partial charge < -0.3 is 10.4 Å². The lowest BCUT2D eigenvalue weighted by molar-refractivity contribution is 0.0951. The van der Waals surface area contributed by atoms with Crippen LogP contribution >= 0.6 is 0 Å². The number of hydrogen-bond donors (Lipinski definition) is 3. The zero-order valence-corrected chi connectivity index (χ0v) is 16.0. The van der Waals surface area contributed by atoms with E-state index in [-0.39, 0.29) is 18.1 Å². The van der Waals surface area contributed by atoms with Gasteiger partial charge in [-0.05, 0) is 55.2 Å². The molecular weight excluding hydrogens is 370 g/mol. The van der Waals surface area contributed by atoms with Crippen LogP contribution in [0.15, 0.2) is 47.5 Å². The number of aromatic amines is 1. The minimum Gasteiger partial charge on any atom is -0.396 e. The van der Waals surface area contributed by atoms with Gasteiger partial charge in [0.1, 0.15) is 0 Å². The Morgan fingerprint density at radius 3 is 2.76 bits per heavy atom. The van der Waals surface area contributed by atoms with Crippen molar-refractivity contribution in [3.05, 3.63) is 69.8 Å². The number of aryl methyl sites for hydroxylation is 1.